The van der Waals surface area contributed by atoms with E-state index in [4.69, 9.17) is 0 Å². The van der Waals surface area contributed by atoms with Gasteiger partial charge in [0, 0.05) is 33.1 Å². The van der Waals surface area contributed by atoms with Crippen LogP contribution in [0.25, 0.3) is 111 Å². The van der Waals surface area contributed by atoms with Crippen molar-refractivity contribution in [2.75, 3.05) is 0 Å². The first-order chi connectivity index (χ1) is 50.9. The fraction of sp³-hybridized carbons (Fsp3) is 0.131. The zero-order chi connectivity index (χ0) is 73.1. The molecule has 4 heterocycles. The monoisotopic (exact) mass is 1390 g/mol. The minimum absolute atomic E-state index is 0.0599. The molecule has 1 aliphatic carbocycles. The van der Waals surface area contributed by atoms with Gasteiger partial charge in [-0.3, -0.25) is 9.97 Å². The number of nitrogens with zero attached hydrogens (tertiary/aromatic N) is 4. The van der Waals surface area contributed by atoms with Crippen LogP contribution in [0.4, 0.5) is 0 Å². The highest BCUT2D eigenvalue weighted by atomic mass is 32.1. The summed E-state index contributed by atoms with van der Waals surface area (Å²) in [7, 11) is 0. The molecule has 0 aliphatic heterocycles. The average Bonchev–Trinajstić information content (AvgIpc) is 1.58. The third-order valence-electron chi connectivity index (χ3n) is 19.1. The number of fused-ring (bicyclic) bond motifs is 9. The van der Waals surface area contributed by atoms with E-state index in [2.05, 4.69) is 361 Å². The number of rotatable bonds is 6. The van der Waals surface area contributed by atoms with E-state index in [1.54, 1.807) is 22.7 Å². The van der Waals surface area contributed by atoms with Gasteiger partial charge in [-0.2, -0.15) is 0 Å². The molecule has 0 saturated heterocycles. The van der Waals surface area contributed by atoms with Gasteiger partial charge in [0.2, 0.25) is 0 Å². The van der Waals surface area contributed by atoms with E-state index in [0.717, 1.165) is 49.0 Å². The Morgan fingerprint density at radius 2 is 0.705 bits per heavy atom. The average molecular weight is 1390 g/mol. The van der Waals surface area contributed by atoms with E-state index in [1.807, 2.05) is 57.2 Å². The van der Waals surface area contributed by atoms with E-state index >= 15 is 0 Å². The van der Waals surface area contributed by atoms with Crippen LogP contribution in [0.1, 0.15) is 131 Å². The van der Waals surface area contributed by atoms with Crippen LogP contribution in [-0.4, -0.2) is 19.9 Å². The zero-order valence-electron chi connectivity index (χ0n) is 61.8. The maximum atomic E-state index is 4.56. The fourth-order valence-corrected chi connectivity index (χ4v) is 15.0. The number of hydrogen-bond acceptors (Lipinski definition) is 6. The highest BCUT2D eigenvalue weighted by Gasteiger charge is 2.35. The van der Waals surface area contributed by atoms with Crippen molar-refractivity contribution >= 4 is 123 Å². The largest absolute Gasteiger partial charge is 0.253 e. The fourth-order valence-electron chi connectivity index (χ4n) is 13.2. The Morgan fingerprint density at radius 3 is 1.20 bits per heavy atom. The Balaban J connectivity index is 0.000000119. The van der Waals surface area contributed by atoms with Gasteiger partial charge in [-0.1, -0.05) is 255 Å². The van der Waals surface area contributed by atoms with Crippen molar-refractivity contribution in [2.45, 2.75) is 88.5 Å². The van der Waals surface area contributed by atoms with Crippen LogP contribution in [0.2, 0.25) is 0 Å². The molecule has 16 aromatic rings. The summed E-state index contributed by atoms with van der Waals surface area (Å²) in [6.07, 6.45) is 13.2. The second-order valence-corrected chi connectivity index (χ2v) is 29.8. The molecule has 17 rings (SSSR count). The topological polar surface area (TPSA) is 51.6 Å². The van der Waals surface area contributed by atoms with Crippen LogP contribution >= 0.6 is 22.7 Å². The predicted molar refractivity (Wildman–Crippen MR) is 455 cm³/mol. The van der Waals surface area contributed by atoms with Crippen molar-refractivity contribution in [1.29, 1.82) is 0 Å². The van der Waals surface area contributed by atoms with Gasteiger partial charge in [-0.25, -0.2) is 9.97 Å². The van der Waals surface area contributed by atoms with Crippen molar-refractivity contribution in [2.24, 2.45) is 0 Å². The van der Waals surface area contributed by atoms with Gasteiger partial charge in [0.1, 0.15) is 0 Å². The quantitative estimate of drug-likeness (QED) is 0.123. The van der Waals surface area contributed by atoms with Crippen molar-refractivity contribution in [1.82, 2.24) is 19.9 Å². The molecule has 6 heteroatoms. The van der Waals surface area contributed by atoms with E-state index in [0.29, 0.717) is 0 Å². The van der Waals surface area contributed by atoms with Gasteiger partial charge in [-0.15, -0.1) is 28.6 Å². The molecule has 4 nitrogen and oxygen atoms in total. The standard InChI is InChI=1S/C25H24.C24H20.C22H18N2.C18H12N2S2.C10H10/c1-17-5-8-19(9-6-17)10-11-20-12-14-22-21-13-7-18(2)15-23(21)25(3,4)24(22)16-20;1-17-11-13-19(23-9-5-3-7-21(17)23)15-16-20-14-12-18(2)22-8-4-6-10-24(20)22;1-15-3-9-19-13-17(7-11-21(19)23-15)5-6-18-8-12-22-20(14-18)10-4-16(2)24-22;1-11-3-5-13-15(9-11)21-17(19-13)7-8-18-20-14-6-4-12(2)10-16(14)22-18;1-3-4-10-7-5-9(2)6-8-10/h5-16H,1-4H3;3-16H,1-2H3;3-14H,1-2H3;3-6,9-10H,1-2H3;5-8H,1-2H3/b11-10+;16-15+;6-5+;;. The van der Waals surface area contributed by atoms with E-state index < -0.39 is 0 Å². The minimum atomic E-state index is 0.0599. The third-order valence-corrected chi connectivity index (χ3v) is 20.9. The Labute approximate surface area is 627 Å². The Hall–Kier alpha value is -11.9. The summed E-state index contributed by atoms with van der Waals surface area (Å²) in [5, 5.41) is 9.30. The van der Waals surface area contributed by atoms with Gasteiger partial charge in [0.25, 0.3) is 0 Å². The van der Waals surface area contributed by atoms with Gasteiger partial charge in [0.15, 0.2) is 10.0 Å². The molecule has 4 aromatic heterocycles. The van der Waals surface area contributed by atoms with Crippen LogP contribution in [0.3, 0.4) is 0 Å². The Kier molecular flexibility index (Phi) is 21.9. The second kappa shape index (κ2) is 32.2. The highest BCUT2D eigenvalue weighted by molar-refractivity contribution is 7.19. The highest BCUT2D eigenvalue weighted by Crippen LogP contribution is 2.49. The molecule has 12 aromatic carbocycles. The predicted octanol–water partition coefficient (Wildman–Crippen LogP) is 26.4. The van der Waals surface area contributed by atoms with E-state index in [9.17, 15) is 0 Å². The molecule has 512 valence electrons. The number of thiazole rings is 2. The number of aryl methyl sites for hydroxylation is 9. The molecule has 0 atom stereocenters. The van der Waals surface area contributed by atoms with Gasteiger partial charge < -0.3 is 0 Å². The van der Waals surface area contributed by atoms with Crippen molar-refractivity contribution in [3.05, 3.63) is 365 Å². The lowest BCUT2D eigenvalue weighted by Gasteiger charge is -2.22. The third kappa shape index (κ3) is 17.4. The number of hydrogen-bond donors (Lipinski definition) is 0. The second-order valence-electron chi connectivity index (χ2n) is 27.7. The van der Waals surface area contributed by atoms with Crippen molar-refractivity contribution in [3.8, 4) is 34.8 Å². The summed E-state index contributed by atoms with van der Waals surface area (Å²) in [4.78, 5) is 18.2. The van der Waals surface area contributed by atoms with Gasteiger partial charge >= 0.3 is 0 Å². The summed E-state index contributed by atoms with van der Waals surface area (Å²) in [5.41, 5.74) is 29.4. The molecule has 0 N–H and O–H groups in total. The van der Waals surface area contributed by atoms with Gasteiger partial charge in [-0.05, 0) is 253 Å². The number of pyridine rings is 2. The SMILES string of the molecule is CC#Cc1ccc(C)cc1.Cc1ccc(/C=C/c2ccc(C)c3ccccc23)c2ccccc12.Cc1ccc(/C=C/c2ccc3c(c2)C(C)(C)c2cc(C)ccc2-3)cc1.Cc1ccc2cc(/C=C/c3ccc4nc(C)ccc4c3)ccc2n1.Cc1ccc2nc(C#Cc3nc4ccc(C)cc4s3)sc2c1. The van der Waals surface area contributed by atoms with Crippen LogP contribution < -0.4 is 0 Å². The molecule has 0 saturated carbocycles. The maximum Gasteiger partial charge on any atom is 0.168 e. The normalized spacial score (nSPS) is 11.8. The van der Waals surface area contributed by atoms with Crippen LogP contribution in [0.15, 0.2) is 255 Å². The smallest absolute Gasteiger partial charge is 0.168 e. The molecule has 0 bridgehead atoms. The lowest BCUT2D eigenvalue weighted by molar-refractivity contribution is 0.659. The zero-order valence-corrected chi connectivity index (χ0v) is 63.5. The van der Waals surface area contributed by atoms with Gasteiger partial charge in [0.05, 0.1) is 31.5 Å². The minimum Gasteiger partial charge on any atom is -0.253 e. The Morgan fingerprint density at radius 1 is 0.314 bits per heavy atom. The van der Waals surface area contributed by atoms with Crippen LogP contribution in [-0.2, 0) is 5.41 Å². The molecule has 0 radical (unpaired) electrons. The molecule has 0 fully saturated rings. The molecule has 0 amide bonds. The van der Waals surface area contributed by atoms with Crippen molar-refractivity contribution < 1.29 is 0 Å². The molecular weight excluding hydrogens is 1310 g/mol. The summed E-state index contributed by atoms with van der Waals surface area (Å²) in [6.45, 7) is 25.4. The Bertz CT molecular complexity index is 5870. The van der Waals surface area contributed by atoms with E-state index in [1.165, 1.54) is 136 Å². The molecule has 1 aliphatic rings. The first-order valence-corrected chi connectivity index (χ1v) is 37.3. The molecular formula is C99H84N4S2. The lowest BCUT2D eigenvalue weighted by atomic mass is 9.81. The summed E-state index contributed by atoms with van der Waals surface area (Å²) in [5.74, 6) is 12.1. The molecule has 0 spiro atoms. The first-order valence-electron chi connectivity index (χ1n) is 35.7. The molecule has 0 unspecified atom stereocenters. The van der Waals surface area contributed by atoms with Crippen molar-refractivity contribution in [3.63, 3.8) is 0 Å². The first kappa shape index (κ1) is 71.5. The maximum absolute atomic E-state index is 4.56. The molecule has 105 heavy (non-hydrogen) atoms. The summed E-state index contributed by atoms with van der Waals surface area (Å²) in [6, 6.07) is 90.3. The summed E-state index contributed by atoms with van der Waals surface area (Å²) < 4.78 is 2.37. The van der Waals surface area contributed by atoms with Crippen LogP contribution in [0, 0.1) is 86.0 Å². The van der Waals surface area contributed by atoms with E-state index in [-0.39, 0.29) is 5.41 Å². The number of aromatic nitrogens is 4. The summed E-state index contributed by atoms with van der Waals surface area (Å²) >= 11 is 3.26. The number of benzene rings is 12. The van der Waals surface area contributed by atoms with Crippen LogP contribution in [0.5, 0.6) is 0 Å². The lowest BCUT2D eigenvalue weighted by Crippen LogP contribution is -2.15.